The standard InChI is InChI=1S/C18H30O2/c1-8-9-10-13-14(19)11-12-15(20-18(5,6)7)16(13)17(2,3)4/h11-12,19H,8-10H2,1-7H3. The Morgan fingerprint density at radius 2 is 1.65 bits per heavy atom. The Morgan fingerprint density at radius 3 is 2.10 bits per heavy atom. The largest absolute Gasteiger partial charge is 0.508 e. The first-order chi connectivity index (χ1) is 9.06. The van der Waals surface area contributed by atoms with Crippen LogP contribution in [0.15, 0.2) is 12.1 Å². The Kier molecular flexibility index (Phi) is 5.12. The Morgan fingerprint density at radius 1 is 1.05 bits per heavy atom. The summed E-state index contributed by atoms with van der Waals surface area (Å²) >= 11 is 0. The molecule has 0 amide bonds. The van der Waals surface area contributed by atoms with E-state index in [1.54, 1.807) is 6.07 Å². The van der Waals surface area contributed by atoms with Gasteiger partial charge in [-0.2, -0.15) is 0 Å². The number of ether oxygens (including phenoxy) is 1. The van der Waals surface area contributed by atoms with Gasteiger partial charge >= 0.3 is 0 Å². The van der Waals surface area contributed by atoms with E-state index in [2.05, 4.69) is 48.5 Å². The van der Waals surface area contributed by atoms with Crippen LogP contribution in [-0.2, 0) is 11.8 Å². The quantitative estimate of drug-likeness (QED) is 0.819. The molecule has 0 fully saturated rings. The van der Waals surface area contributed by atoms with Crippen LogP contribution in [-0.4, -0.2) is 10.7 Å². The molecule has 0 aliphatic heterocycles. The minimum Gasteiger partial charge on any atom is -0.508 e. The highest BCUT2D eigenvalue weighted by molar-refractivity contribution is 5.51. The van der Waals surface area contributed by atoms with Crippen molar-refractivity contribution in [3.63, 3.8) is 0 Å². The second-order valence-electron chi connectivity index (χ2n) is 7.50. The van der Waals surface area contributed by atoms with Gasteiger partial charge in [0.25, 0.3) is 0 Å². The second-order valence-corrected chi connectivity index (χ2v) is 7.50. The van der Waals surface area contributed by atoms with E-state index in [4.69, 9.17) is 4.74 Å². The molecule has 0 aliphatic carbocycles. The maximum absolute atomic E-state index is 10.2. The minimum absolute atomic E-state index is 0.0532. The average Bonchev–Trinajstić information content (AvgIpc) is 2.26. The summed E-state index contributed by atoms with van der Waals surface area (Å²) in [6, 6.07) is 3.66. The number of unbranched alkanes of at least 4 members (excludes halogenated alkanes) is 1. The molecule has 114 valence electrons. The van der Waals surface area contributed by atoms with Crippen LogP contribution in [0.25, 0.3) is 0 Å². The third-order valence-corrected chi connectivity index (χ3v) is 3.20. The molecule has 1 aromatic carbocycles. The number of phenolic OH excluding ortho intramolecular Hbond substituents is 1. The van der Waals surface area contributed by atoms with Crippen molar-refractivity contribution in [2.45, 2.75) is 78.7 Å². The zero-order valence-electron chi connectivity index (χ0n) is 14.1. The van der Waals surface area contributed by atoms with Gasteiger partial charge in [0.05, 0.1) is 0 Å². The van der Waals surface area contributed by atoms with Gasteiger partial charge in [0, 0.05) is 11.1 Å². The van der Waals surface area contributed by atoms with Crippen molar-refractivity contribution >= 4 is 0 Å². The molecule has 0 aliphatic rings. The lowest BCUT2D eigenvalue weighted by molar-refractivity contribution is 0.127. The molecule has 1 N–H and O–H groups in total. The van der Waals surface area contributed by atoms with E-state index in [-0.39, 0.29) is 11.0 Å². The van der Waals surface area contributed by atoms with Crippen LogP contribution in [0, 0.1) is 0 Å². The number of benzene rings is 1. The normalized spacial score (nSPS) is 12.6. The molecular weight excluding hydrogens is 248 g/mol. The Hall–Kier alpha value is -1.18. The molecule has 0 heterocycles. The van der Waals surface area contributed by atoms with E-state index in [9.17, 15) is 5.11 Å². The van der Waals surface area contributed by atoms with Crippen molar-refractivity contribution in [3.8, 4) is 11.5 Å². The topological polar surface area (TPSA) is 29.5 Å². The molecule has 0 spiro atoms. The third kappa shape index (κ3) is 4.43. The molecule has 0 bridgehead atoms. The molecule has 0 atom stereocenters. The van der Waals surface area contributed by atoms with E-state index in [1.165, 1.54) is 0 Å². The van der Waals surface area contributed by atoms with Gasteiger partial charge in [-0.25, -0.2) is 0 Å². The molecule has 0 aromatic heterocycles. The van der Waals surface area contributed by atoms with Crippen molar-refractivity contribution < 1.29 is 9.84 Å². The lowest BCUT2D eigenvalue weighted by atomic mass is 9.81. The Bertz CT molecular complexity index is 448. The summed E-state index contributed by atoms with van der Waals surface area (Å²) in [5.74, 6) is 1.29. The molecular formula is C18H30O2. The van der Waals surface area contributed by atoms with E-state index in [1.807, 2.05) is 6.07 Å². The lowest BCUT2D eigenvalue weighted by Crippen LogP contribution is -2.26. The zero-order valence-corrected chi connectivity index (χ0v) is 14.1. The predicted octanol–water partition coefficient (Wildman–Crippen LogP) is 5.21. The van der Waals surface area contributed by atoms with Crippen molar-refractivity contribution in [1.82, 2.24) is 0 Å². The van der Waals surface area contributed by atoms with Crippen molar-refractivity contribution in [1.29, 1.82) is 0 Å². The van der Waals surface area contributed by atoms with Gasteiger partial charge in [0.1, 0.15) is 17.1 Å². The summed E-state index contributed by atoms with van der Waals surface area (Å²) in [6.07, 6.45) is 3.10. The van der Waals surface area contributed by atoms with Gasteiger partial charge in [0.15, 0.2) is 0 Å². The first-order valence-corrected chi connectivity index (χ1v) is 7.60. The number of aromatic hydroxyl groups is 1. The Balaban J connectivity index is 3.38. The highest BCUT2D eigenvalue weighted by Crippen LogP contribution is 2.40. The van der Waals surface area contributed by atoms with Crippen LogP contribution in [0.4, 0.5) is 0 Å². The maximum Gasteiger partial charge on any atom is 0.124 e. The van der Waals surface area contributed by atoms with E-state index >= 15 is 0 Å². The summed E-state index contributed by atoms with van der Waals surface area (Å²) < 4.78 is 6.12. The molecule has 20 heavy (non-hydrogen) atoms. The molecule has 0 unspecified atom stereocenters. The average molecular weight is 278 g/mol. The van der Waals surface area contributed by atoms with Gasteiger partial charge in [0.2, 0.25) is 0 Å². The maximum atomic E-state index is 10.2. The van der Waals surface area contributed by atoms with Crippen molar-refractivity contribution in [2.75, 3.05) is 0 Å². The first kappa shape index (κ1) is 16.9. The smallest absolute Gasteiger partial charge is 0.124 e. The first-order valence-electron chi connectivity index (χ1n) is 7.60. The molecule has 2 heteroatoms. The lowest BCUT2D eigenvalue weighted by Gasteiger charge is -2.30. The van der Waals surface area contributed by atoms with Crippen molar-refractivity contribution in [3.05, 3.63) is 23.3 Å². The van der Waals surface area contributed by atoms with Gasteiger partial charge in [-0.15, -0.1) is 0 Å². The zero-order chi connectivity index (χ0) is 15.6. The van der Waals surface area contributed by atoms with Crippen LogP contribution >= 0.6 is 0 Å². The molecule has 1 rings (SSSR count). The molecule has 0 saturated carbocycles. The molecule has 0 radical (unpaired) electrons. The minimum atomic E-state index is -0.237. The molecule has 2 nitrogen and oxygen atoms in total. The fourth-order valence-electron chi connectivity index (χ4n) is 2.46. The highest BCUT2D eigenvalue weighted by atomic mass is 16.5. The van der Waals surface area contributed by atoms with E-state index < -0.39 is 0 Å². The number of hydrogen-bond donors (Lipinski definition) is 1. The molecule has 1 aromatic rings. The van der Waals surface area contributed by atoms with Gasteiger partial charge < -0.3 is 9.84 Å². The Labute approximate surface area is 124 Å². The number of rotatable bonds is 4. The van der Waals surface area contributed by atoms with Crippen LogP contribution < -0.4 is 4.74 Å². The fraction of sp³-hybridized carbons (Fsp3) is 0.667. The fourth-order valence-corrected chi connectivity index (χ4v) is 2.46. The third-order valence-electron chi connectivity index (χ3n) is 3.20. The van der Waals surface area contributed by atoms with Gasteiger partial charge in [-0.3, -0.25) is 0 Å². The van der Waals surface area contributed by atoms with E-state index in [0.29, 0.717) is 5.75 Å². The molecule has 0 saturated heterocycles. The number of phenols is 1. The highest BCUT2D eigenvalue weighted by Gasteiger charge is 2.27. The SMILES string of the molecule is CCCCc1c(O)ccc(OC(C)(C)C)c1C(C)(C)C. The van der Waals surface area contributed by atoms with Gasteiger partial charge in [-0.05, 0) is 51.2 Å². The summed E-state index contributed by atoms with van der Waals surface area (Å²) in [6.45, 7) is 14.9. The van der Waals surface area contributed by atoms with Gasteiger partial charge in [-0.1, -0.05) is 34.1 Å². The van der Waals surface area contributed by atoms with Crippen LogP contribution in [0.3, 0.4) is 0 Å². The summed E-state index contributed by atoms with van der Waals surface area (Å²) in [4.78, 5) is 0. The van der Waals surface area contributed by atoms with Crippen LogP contribution in [0.2, 0.25) is 0 Å². The predicted molar refractivity (Wildman–Crippen MR) is 85.8 cm³/mol. The summed E-state index contributed by atoms with van der Waals surface area (Å²) in [5, 5.41) is 10.2. The van der Waals surface area contributed by atoms with Crippen LogP contribution in [0.5, 0.6) is 11.5 Å². The summed E-state index contributed by atoms with van der Waals surface area (Å²) in [7, 11) is 0. The monoisotopic (exact) mass is 278 g/mol. The van der Waals surface area contributed by atoms with Crippen LogP contribution in [0.1, 0.15) is 72.4 Å². The number of hydrogen-bond acceptors (Lipinski definition) is 2. The second kappa shape index (κ2) is 6.07. The summed E-state index contributed by atoms with van der Waals surface area (Å²) in [5.41, 5.74) is 1.89. The van der Waals surface area contributed by atoms with E-state index in [0.717, 1.165) is 36.1 Å². The van der Waals surface area contributed by atoms with Crippen molar-refractivity contribution in [2.24, 2.45) is 0 Å².